The molecule has 3 rings (SSSR count). The minimum absolute atomic E-state index is 0.0365. The van der Waals surface area contributed by atoms with Gasteiger partial charge in [0.05, 0.1) is 43.5 Å². The molecule has 0 saturated heterocycles. The van der Waals surface area contributed by atoms with Crippen molar-refractivity contribution in [2.24, 2.45) is 68.0 Å². The van der Waals surface area contributed by atoms with Crippen molar-refractivity contribution in [3.8, 4) is 0 Å². The molecule has 2 N–H and O–H groups in total. The number of ketones is 2. The van der Waals surface area contributed by atoms with Gasteiger partial charge in [-0.2, -0.15) is 0 Å². The summed E-state index contributed by atoms with van der Waals surface area (Å²) < 4.78 is 29.7. The fraction of sp³-hybridized carbons (Fsp3) is 0.753. The summed E-state index contributed by atoms with van der Waals surface area (Å²) in [4.78, 5) is 83.7. The molecule has 488 valence electrons. The molecule has 0 spiro atoms. The van der Waals surface area contributed by atoms with Gasteiger partial charge in [0.2, 0.25) is 0 Å². The zero-order chi connectivity index (χ0) is 65.6. The number of ether oxygens (including phenoxy) is 5. The Morgan fingerprint density at radius 1 is 0.453 bits per heavy atom. The van der Waals surface area contributed by atoms with E-state index in [0.29, 0.717) is 12.8 Å². The SMILES string of the molecule is CCC(C)(C)C(C)=CCCC(C)(C)C1=CCC(C(=O)O)C(C(=O)OCCOC(C)(C)C(=O)C2CC=C(C(C)(C)CCC=C(C)C(C)(C)C)CC2C(=O)OCCOC(C)(C)C(=O)C2CC=C(C(C)(C)CCC=C(C)C(C)(C)C)CC2C(=O)OCCO)C1. The zero-order valence-corrected chi connectivity index (χ0v) is 57.7. The molecule has 0 aromatic heterocycles. The standard InChI is InChI=1S/C73H118O13/c1-23-68(11,12)50(4)29-26-38-71(17,18)53-32-35-56(62(77)78)59(47-53)65(81)84-42-44-86-73(21,22)61(76)55-34-31-52(70(15,16)37-25-28-49(3)67(8,9)10)46-58(55)64(80)83-41-43-85-72(19,20)60(75)54-33-30-51(45-57(54)63(79)82-40-39-74)69(13,14)36-24-27-48(2)66(5,6)7/h27-32,54-59,74H,23-26,33-47H2,1-22H3,(H,77,78). The zero-order valence-electron chi connectivity index (χ0n) is 57.7. The molecular formula is C73H118O13. The van der Waals surface area contributed by atoms with Crippen molar-refractivity contribution in [2.75, 3.05) is 39.6 Å². The second-order valence-electron chi connectivity index (χ2n) is 30.8. The predicted molar refractivity (Wildman–Crippen MR) is 344 cm³/mol. The summed E-state index contributed by atoms with van der Waals surface area (Å²) in [6, 6.07) is 0. The van der Waals surface area contributed by atoms with Crippen LogP contribution in [0.15, 0.2) is 69.9 Å². The van der Waals surface area contributed by atoms with Crippen molar-refractivity contribution >= 4 is 35.4 Å². The number of Topliss-reactive ketones (excluding diaryl/α,β-unsaturated/α-hetero) is 2. The first-order valence-electron chi connectivity index (χ1n) is 32.3. The lowest BCUT2D eigenvalue weighted by atomic mass is 9.67. The van der Waals surface area contributed by atoms with Gasteiger partial charge in [0, 0.05) is 11.8 Å². The maximum atomic E-state index is 14.8. The number of hydrogen-bond acceptors (Lipinski definition) is 12. The molecule has 0 amide bonds. The first-order chi connectivity index (χ1) is 39.5. The number of allylic oxidation sites excluding steroid dienone is 12. The highest BCUT2D eigenvalue weighted by Gasteiger charge is 2.48. The molecule has 13 heteroatoms. The second kappa shape index (κ2) is 31.3. The quantitative estimate of drug-likeness (QED) is 0.0280. The van der Waals surface area contributed by atoms with Gasteiger partial charge in [0.15, 0.2) is 11.6 Å². The molecule has 0 radical (unpaired) electrons. The van der Waals surface area contributed by atoms with Crippen LogP contribution in [-0.2, 0) is 52.5 Å². The summed E-state index contributed by atoms with van der Waals surface area (Å²) in [7, 11) is 0. The number of hydrogen-bond donors (Lipinski definition) is 2. The number of carbonyl (C=O) groups is 6. The molecule has 0 aliphatic heterocycles. The summed E-state index contributed by atoms with van der Waals surface area (Å²) in [5.41, 5.74) is 3.72. The summed E-state index contributed by atoms with van der Waals surface area (Å²) in [5.74, 6) is -8.38. The van der Waals surface area contributed by atoms with E-state index in [9.17, 15) is 39.0 Å². The van der Waals surface area contributed by atoms with Crippen LogP contribution in [0.4, 0.5) is 0 Å². The van der Waals surface area contributed by atoms with E-state index in [1.807, 2.05) is 6.08 Å². The normalized spacial score (nSPS) is 21.9. The average molecular weight is 1200 g/mol. The van der Waals surface area contributed by atoms with Gasteiger partial charge in [-0.1, -0.05) is 174 Å². The molecule has 6 unspecified atom stereocenters. The van der Waals surface area contributed by atoms with Crippen molar-refractivity contribution in [1.29, 1.82) is 0 Å². The van der Waals surface area contributed by atoms with Gasteiger partial charge in [-0.3, -0.25) is 28.8 Å². The van der Waals surface area contributed by atoms with Crippen LogP contribution in [0.3, 0.4) is 0 Å². The van der Waals surface area contributed by atoms with E-state index in [4.69, 9.17) is 23.7 Å². The van der Waals surface area contributed by atoms with Crippen LogP contribution < -0.4 is 0 Å². The Morgan fingerprint density at radius 2 is 0.756 bits per heavy atom. The molecule has 3 aliphatic rings. The van der Waals surface area contributed by atoms with E-state index in [1.165, 1.54) is 16.7 Å². The third-order valence-corrected chi connectivity index (χ3v) is 20.2. The van der Waals surface area contributed by atoms with Gasteiger partial charge >= 0.3 is 23.9 Å². The molecule has 0 heterocycles. The Hall–Kier alpha value is -4.46. The maximum Gasteiger partial charge on any atom is 0.310 e. The third-order valence-electron chi connectivity index (χ3n) is 20.2. The fourth-order valence-corrected chi connectivity index (χ4v) is 11.9. The molecule has 0 aromatic carbocycles. The van der Waals surface area contributed by atoms with Crippen molar-refractivity contribution in [2.45, 2.75) is 247 Å². The Kier molecular flexibility index (Phi) is 27.6. The highest BCUT2D eigenvalue weighted by atomic mass is 16.6. The smallest absolute Gasteiger partial charge is 0.310 e. The number of aliphatic hydroxyl groups is 1. The molecule has 0 bridgehead atoms. The first kappa shape index (κ1) is 75.8. The van der Waals surface area contributed by atoms with Crippen LogP contribution in [0.1, 0.15) is 236 Å². The van der Waals surface area contributed by atoms with E-state index >= 15 is 0 Å². The Labute approximate surface area is 520 Å². The molecule has 0 aromatic rings. The van der Waals surface area contributed by atoms with E-state index in [-0.39, 0.29) is 109 Å². The molecular weight excluding hydrogens is 1080 g/mol. The molecule has 13 nitrogen and oxygen atoms in total. The molecule has 3 aliphatic carbocycles. The summed E-state index contributed by atoms with van der Waals surface area (Å²) in [6.07, 6.45) is 20.9. The van der Waals surface area contributed by atoms with Crippen molar-refractivity contribution in [3.63, 3.8) is 0 Å². The molecule has 0 fully saturated rings. The lowest BCUT2D eigenvalue weighted by Crippen LogP contribution is -2.47. The van der Waals surface area contributed by atoms with Gasteiger partial charge in [-0.25, -0.2) is 0 Å². The number of esters is 3. The van der Waals surface area contributed by atoms with Crippen LogP contribution in [0, 0.1) is 68.0 Å². The fourth-order valence-electron chi connectivity index (χ4n) is 11.9. The monoisotopic (exact) mass is 1200 g/mol. The van der Waals surface area contributed by atoms with Crippen LogP contribution in [0.25, 0.3) is 0 Å². The van der Waals surface area contributed by atoms with Crippen LogP contribution in [0.5, 0.6) is 0 Å². The van der Waals surface area contributed by atoms with Crippen LogP contribution in [0.2, 0.25) is 0 Å². The Balaban J connectivity index is 1.79. The average Bonchev–Trinajstić information content (AvgIpc) is 1.43. The Bertz CT molecular complexity index is 2540. The molecule has 0 saturated carbocycles. The van der Waals surface area contributed by atoms with Gasteiger partial charge in [-0.15, -0.1) is 0 Å². The number of carbonyl (C=O) groups excluding carboxylic acids is 5. The van der Waals surface area contributed by atoms with Gasteiger partial charge in [0.25, 0.3) is 0 Å². The maximum absolute atomic E-state index is 14.8. The lowest BCUT2D eigenvalue weighted by molar-refractivity contribution is -0.166. The van der Waals surface area contributed by atoms with Crippen LogP contribution in [-0.4, -0.2) is 96.5 Å². The van der Waals surface area contributed by atoms with Gasteiger partial charge < -0.3 is 33.9 Å². The Morgan fingerprint density at radius 3 is 1.06 bits per heavy atom. The summed E-state index contributed by atoms with van der Waals surface area (Å²) >= 11 is 0. The second-order valence-corrected chi connectivity index (χ2v) is 30.8. The van der Waals surface area contributed by atoms with Crippen molar-refractivity contribution in [1.82, 2.24) is 0 Å². The number of carboxylic acid groups (broad SMARTS) is 1. The van der Waals surface area contributed by atoms with E-state index in [2.05, 4.69) is 155 Å². The van der Waals surface area contributed by atoms with E-state index in [0.717, 1.165) is 61.7 Å². The third kappa shape index (κ3) is 21.7. The minimum Gasteiger partial charge on any atom is -0.481 e. The van der Waals surface area contributed by atoms with Gasteiger partial charge in [-0.05, 0) is 164 Å². The predicted octanol–water partition coefficient (Wildman–Crippen LogP) is 16.1. The highest BCUT2D eigenvalue weighted by Crippen LogP contribution is 2.47. The highest BCUT2D eigenvalue weighted by molar-refractivity contribution is 5.94. The number of carboxylic acids is 1. The summed E-state index contributed by atoms with van der Waals surface area (Å²) in [5, 5.41) is 19.7. The van der Waals surface area contributed by atoms with Crippen molar-refractivity contribution in [3.05, 3.63) is 69.9 Å². The number of aliphatic hydroxyl groups excluding tert-OH is 1. The topological polar surface area (TPSA) is 189 Å². The first-order valence-corrected chi connectivity index (χ1v) is 32.3. The largest absolute Gasteiger partial charge is 0.481 e. The molecule has 6 atom stereocenters. The number of aliphatic carboxylic acids is 1. The lowest BCUT2D eigenvalue weighted by Gasteiger charge is -2.39. The molecule has 86 heavy (non-hydrogen) atoms. The van der Waals surface area contributed by atoms with Gasteiger partial charge in [0.1, 0.15) is 31.0 Å². The van der Waals surface area contributed by atoms with Crippen LogP contribution >= 0.6 is 0 Å². The van der Waals surface area contributed by atoms with E-state index in [1.54, 1.807) is 27.7 Å². The van der Waals surface area contributed by atoms with E-state index < -0.39 is 70.6 Å². The summed E-state index contributed by atoms with van der Waals surface area (Å²) in [6.45, 7) is 44.7. The number of rotatable bonds is 32. The minimum atomic E-state index is -1.41. The van der Waals surface area contributed by atoms with Crippen molar-refractivity contribution < 1.29 is 62.7 Å².